The number of aromatic hydroxyl groups is 1. The highest BCUT2D eigenvalue weighted by Crippen LogP contribution is 2.30. The molecule has 1 unspecified atom stereocenters. The molecular formula is C16H22N2O2. The number of benzene rings is 1. The van der Waals surface area contributed by atoms with Gasteiger partial charge in [-0.1, -0.05) is 6.07 Å². The Morgan fingerprint density at radius 3 is 2.85 bits per heavy atom. The molecule has 1 aliphatic carbocycles. The van der Waals surface area contributed by atoms with E-state index in [0.717, 1.165) is 32.5 Å². The first-order valence-corrected chi connectivity index (χ1v) is 7.55. The van der Waals surface area contributed by atoms with Crippen LogP contribution in [0.25, 0.3) is 0 Å². The molecule has 20 heavy (non-hydrogen) atoms. The van der Waals surface area contributed by atoms with Crippen LogP contribution in [-0.2, 0) is 0 Å². The highest BCUT2D eigenvalue weighted by Gasteiger charge is 2.34. The van der Waals surface area contributed by atoms with Gasteiger partial charge in [0.15, 0.2) is 0 Å². The van der Waals surface area contributed by atoms with Crippen molar-refractivity contribution in [3.05, 3.63) is 29.8 Å². The number of phenolic OH excluding ortho intramolecular Hbond substituents is 1. The van der Waals surface area contributed by atoms with Crippen molar-refractivity contribution in [1.82, 2.24) is 10.2 Å². The lowest BCUT2D eigenvalue weighted by Gasteiger charge is -2.30. The first-order chi connectivity index (χ1) is 9.74. The van der Waals surface area contributed by atoms with Gasteiger partial charge in [-0.05, 0) is 62.9 Å². The first kappa shape index (κ1) is 13.4. The van der Waals surface area contributed by atoms with Crippen LogP contribution in [0.3, 0.4) is 0 Å². The molecule has 2 fully saturated rings. The van der Waals surface area contributed by atoms with Crippen molar-refractivity contribution in [2.75, 3.05) is 19.6 Å². The monoisotopic (exact) mass is 274 g/mol. The molecule has 108 valence electrons. The highest BCUT2D eigenvalue weighted by atomic mass is 16.3. The largest absolute Gasteiger partial charge is 0.508 e. The van der Waals surface area contributed by atoms with Crippen LogP contribution in [0.1, 0.15) is 36.0 Å². The predicted octanol–water partition coefficient (Wildman–Crippen LogP) is 2.00. The molecule has 1 atom stereocenters. The van der Waals surface area contributed by atoms with E-state index in [2.05, 4.69) is 5.32 Å². The van der Waals surface area contributed by atoms with Crippen LogP contribution in [0.4, 0.5) is 0 Å². The molecule has 2 N–H and O–H groups in total. The zero-order valence-corrected chi connectivity index (χ0v) is 11.7. The minimum Gasteiger partial charge on any atom is -0.508 e. The second-order valence-corrected chi connectivity index (χ2v) is 5.95. The van der Waals surface area contributed by atoms with Gasteiger partial charge in [-0.15, -0.1) is 0 Å². The van der Waals surface area contributed by atoms with Crippen LogP contribution in [0.15, 0.2) is 24.3 Å². The summed E-state index contributed by atoms with van der Waals surface area (Å²) in [5.74, 6) is 0.783. The third-order valence-corrected chi connectivity index (χ3v) is 4.20. The Morgan fingerprint density at radius 1 is 1.35 bits per heavy atom. The number of carbonyl (C=O) groups is 1. The molecular weight excluding hydrogens is 252 g/mol. The van der Waals surface area contributed by atoms with Crippen LogP contribution < -0.4 is 5.32 Å². The van der Waals surface area contributed by atoms with E-state index >= 15 is 0 Å². The van der Waals surface area contributed by atoms with Crippen molar-refractivity contribution >= 4 is 5.91 Å². The van der Waals surface area contributed by atoms with E-state index in [4.69, 9.17) is 0 Å². The number of rotatable bonds is 4. The number of phenols is 1. The fourth-order valence-corrected chi connectivity index (χ4v) is 2.95. The Balaban J connectivity index is 1.71. The summed E-state index contributed by atoms with van der Waals surface area (Å²) in [4.78, 5) is 14.7. The number of amides is 1. The maximum atomic E-state index is 12.6. The maximum absolute atomic E-state index is 12.6. The predicted molar refractivity (Wildman–Crippen MR) is 77.8 cm³/mol. The van der Waals surface area contributed by atoms with E-state index in [1.807, 2.05) is 4.90 Å². The van der Waals surface area contributed by atoms with Gasteiger partial charge in [0.1, 0.15) is 5.75 Å². The molecule has 1 saturated carbocycles. The van der Waals surface area contributed by atoms with Crippen LogP contribution in [-0.4, -0.2) is 41.6 Å². The van der Waals surface area contributed by atoms with E-state index in [9.17, 15) is 9.90 Å². The minimum absolute atomic E-state index is 0.0639. The van der Waals surface area contributed by atoms with Crippen molar-refractivity contribution in [1.29, 1.82) is 0 Å². The molecule has 1 saturated heterocycles. The second-order valence-electron chi connectivity index (χ2n) is 5.95. The molecule has 0 radical (unpaired) electrons. The van der Waals surface area contributed by atoms with Crippen LogP contribution in [0.2, 0.25) is 0 Å². The van der Waals surface area contributed by atoms with Crippen molar-refractivity contribution in [2.45, 2.75) is 31.7 Å². The number of hydrogen-bond donors (Lipinski definition) is 2. The fraction of sp³-hybridized carbons (Fsp3) is 0.562. The molecule has 4 heteroatoms. The fourth-order valence-electron chi connectivity index (χ4n) is 2.95. The molecule has 2 aliphatic rings. The van der Waals surface area contributed by atoms with Crippen molar-refractivity contribution in [2.24, 2.45) is 5.92 Å². The van der Waals surface area contributed by atoms with Crippen molar-refractivity contribution in [3.8, 4) is 5.75 Å². The van der Waals surface area contributed by atoms with Crippen molar-refractivity contribution < 1.29 is 9.90 Å². The second kappa shape index (κ2) is 5.83. The number of nitrogens with one attached hydrogen (secondary N) is 1. The summed E-state index contributed by atoms with van der Waals surface area (Å²) in [5, 5.41) is 12.9. The van der Waals surface area contributed by atoms with Crippen molar-refractivity contribution in [3.63, 3.8) is 0 Å². The number of carbonyl (C=O) groups excluding carboxylic acids is 1. The number of piperidine rings is 1. The van der Waals surface area contributed by atoms with Gasteiger partial charge in [0.05, 0.1) is 0 Å². The molecule has 3 rings (SSSR count). The van der Waals surface area contributed by atoms with Crippen LogP contribution in [0, 0.1) is 5.92 Å². The van der Waals surface area contributed by atoms with E-state index in [-0.39, 0.29) is 11.7 Å². The van der Waals surface area contributed by atoms with E-state index < -0.39 is 0 Å². The smallest absolute Gasteiger partial charge is 0.254 e. The molecule has 1 amide bonds. The summed E-state index contributed by atoms with van der Waals surface area (Å²) < 4.78 is 0. The molecule has 1 aliphatic heterocycles. The average Bonchev–Trinajstić information content (AvgIpc) is 3.30. The summed E-state index contributed by atoms with van der Waals surface area (Å²) >= 11 is 0. The third kappa shape index (κ3) is 3.12. The van der Waals surface area contributed by atoms with Gasteiger partial charge in [0, 0.05) is 18.2 Å². The lowest BCUT2D eigenvalue weighted by atomic mass is 9.98. The molecule has 1 aromatic carbocycles. The number of nitrogens with zero attached hydrogens (tertiary/aromatic N) is 1. The Bertz CT molecular complexity index is 479. The van der Waals surface area contributed by atoms with E-state index in [1.54, 1.807) is 24.3 Å². The lowest BCUT2D eigenvalue weighted by Crippen LogP contribution is -2.42. The Hall–Kier alpha value is -1.55. The molecule has 0 aromatic heterocycles. The summed E-state index contributed by atoms with van der Waals surface area (Å²) in [5.41, 5.74) is 0.598. The summed E-state index contributed by atoms with van der Waals surface area (Å²) in [6, 6.07) is 7.10. The van der Waals surface area contributed by atoms with Gasteiger partial charge < -0.3 is 15.3 Å². The topological polar surface area (TPSA) is 52.6 Å². The minimum atomic E-state index is 0.0639. The van der Waals surface area contributed by atoms with Crippen LogP contribution >= 0.6 is 0 Å². The van der Waals surface area contributed by atoms with Gasteiger partial charge in [0.25, 0.3) is 5.91 Å². The zero-order valence-electron chi connectivity index (χ0n) is 11.7. The Morgan fingerprint density at radius 2 is 2.20 bits per heavy atom. The Labute approximate surface area is 119 Å². The summed E-state index contributed by atoms with van der Waals surface area (Å²) in [6.07, 6.45) is 4.63. The average molecular weight is 274 g/mol. The van der Waals surface area contributed by atoms with Gasteiger partial charge in [-0.25, -0.2) is 0 Å². The zero-order chi connectivity index (χ0) is 13.9. The normalized spacial score (nSPS) is 22.5. The summed E-state index contributed by atoms with van der Waals surface area (Å²) in [7, 11) is 0. The van der Waals surface area contributed by atoms with Gasteiger partial charge in [-0.3, -0.25) is 4.79 Å². The quantitative estimate of drug-likeness (QED) is 0.883. The number of hydrogen-bond acceptors (Lipinski definition) is 3. The first-order valence-electron chi connectivity index (χ1n) is 7.55. The molecule has 4 nitrogen and oxygen atoms in total. The molecule has 1 aromatic rings. The molecule has 1 heterocycles. The van der Waals surface area contributed by atoms with Gasteiger partial charge in [-0.2, -0.15) is 0 Å². The highest BCUT2D eigenvalue weighted by molar-refractivity contribution is 5.95. The third-order valence-electron chi connectivity index (χ3n) is 4.20. The van der Waals surface area contributed by atoms with E-state index in [1.165, 1.54) is 12.8 Å². The van der Waals surface area contributed by atoms with E-state index in [0.29, 0.717) is 17.5 Å². The van der Waals surface area contributed by atoms with Crippen LogP contribution in [0.5, 0.6) is 5.75 Å². The summed E-state index contributed by atoms with van der Waals surface area (Å²) in [6.45, 7) is 2.95. The SMILES string of the molecule is O=C(c1cccc(O)c1)N(CC1CCCNC1)C1CC1. The molecule has 0 spiro atoms. The Kier molecular flexibility index (Phi) is 3.92. The van der Waals surface area contributed by atoms with Gasteiger partial charge in [0.2, 0.25) is 0 Å². The molecule has 0 bridgehead atoms. The maximum Gasteiger partial charge on any atom is 0.254 e. The lowest BCUT2D eigenvalue weighted by molar-refractivity contribution is 0.0703. The van der Waals surface area contributed by atoms with Gasteiger partial charge >= 0.3 is 0 Å². The standard InChI is InChI=1S/C16H22N2O2/c19-15-5-1-4-13(9-15)16(20)18(14-6-7-14)11-12-3-2-8-17-10-12/h1,4-5,9,12,14,17,19H,2-3,6-8,10-11H2.